The van der Waals surface area contributed by atoms with Crippen molar-refractivity contribution < 1.29 is 0 Å². The molecule has 4 aliphatic heterocycles. The van der Waals surface area contributed by atoms with Gasteiger partial charge in [-0.2, -0.15) is 0 Å². The summed E-state index contributed by atoms with van der Waals surface area (Å²) in [5.41, 5.74) is 3.07. The van der Waals surface area contributed by atoms with Crippen molar-refractivity contribution in [3.63, 3.8) is 0 Å². The van der Waals surface area contributed by atoms with Gasteiger partial charge in [-0.05, 0) is 53.7 Å². The van der Waals surface area contributed by atoms with Crippen LogP contribution in [-0.2, 0) is 13.1 Å². The van der Waals surface area contributed by atoms with Gasteiger partial charge in [0.25, 0.3) is 0 Å². The molecule has 2 aromatic carbocycles. The largest absolute Gasteiger partial charge is 0.302 e. The van der Waals surface area contributed by atoms with E-state index in [-0.39, 0.29) is 0 Å². The van der Waals surface area contributed by atoms with Gasteiger partial charge in [-0.3, -0.25) is 4.90 Å². The van der Waals surface area contributed by atoms with Crippen LogP contribution in [0, 0.1) is 5.92 Å². The molecule has 2 aromatic rings. The van der Waals surface area contributed by atoms with Crippen molar-refractivity contribution in [2.45, 2.75) is 32.0 Å². The number of hydrogen-bond acceptors (Lipinski definition) is 2. The van der Waals surface area contributed by atoms with Gasteiger partial charge in [-0.1, -0.05) is 36.4 Å². The maximum atomic E-state index is 2.76. The van der Waals surface area contributed by atoms with Crippen molar-refractivity contribution in [2.75, 3.05) is 19.6 Å². The Kier molecular flexibility index (Phi) is 2.65. The topological polar surface area (TPSA) is 6.48 Å². The van der Waals surface area contributed by atoms with Crippen molar-refractivity contribution in [3.05, 3.63) is 47.5 Å². The molecule has 6 rings (SSSR count). The van der Waals surface area contributed by atoms with Gasteiger partial charge in [0.05, 0.1) is 0 Å². The predicted octanol–water partition coefficient (Wildman–Crippen LogP) is 3.25. The van der Waals surface area contributed by atoms with Crippen molar-refractivity contribution in [2.24, 2.45) is 5.92 Å². The van der Waals surface area contributed by atoms with Gasteiger partial charge in [0.15, 0.2) is 0 Å². The molecule has 0 aromatic heterocycles. The smallest absolute Gasteiger partial charge is 0.0259 e. The molecule has 21 heavy (non-hydrogen) atoms. The van der Waals surface area contributed by atoms with Crippen LogP contribution in [0.2, 0.25) is 0 Å². The van der Waals surface area contributed by atoms with E-state index in [0.29, 0.717) is 0 Å². The van der Waals surface area contributed by atoms with Crippen molar-refractivity contribution >= 4 is 10.8 Å². The second kappa shape index (κ2) is 4.56. The summed E-state index contributed by atoms with van der Waals surface area (Å²) in [4.78, 5) is 5.43. The first-order chi connectivity index (χ1) is 10.4. The highest BCUT2D eigenvalue weighted by Crippen LogP contribution is 2.36. The molecule has 3 saturated heterocycles. The first-order valence-corrected chi connectivity index (χ1v) is 8.34. The molecular weight excluding hydrogens is 256 g/mol. The SMILES string of the molecule is c1cc2c3c(cccc3c1)CN([C@@H]1CN3CCC1CC3)C2. The van der Waals surface area contributed by atoms with Crippen molar-refractivity contribution in [1.29, 1.82) is 0 Å². The van der Waals surface area contributed by atoms with Crippen LogP contribution in [0.4, 0.5) is 0 Å². The second-order valence-electron chi connectivity index (χ2n) is 7.04. The molecule has 2 nitrogen and oxygen atoms in total. The Morgan fingerprint density at radius 2 is 1.52 bits per heavy atom. The molecule has 0 N–H and O–H groups in total. The van der Waals surface area contributed by atoms with Crippen LogP contribution in [0.25, 0.3) is 10.8 Å². The minimum atomic E-state index is 0.774. The maximum Gasteiger partial charge on any atom is 0.0259 e. The van der Waals surface area contributed by atoms with Crippen LogP contribution >= 0.6 is 0 Å². The minimum absolute atomic E-state index is 0.774. The molecule has 0 aliphatic carbocycles. The summed E-state index contributed by atoms with van der Waals surface area (Å²) < 4.78 is 0. The third-order valence-corrected chi connectivity index (χ3v) is 5.91. The summed E-state index contributed by atoms with van der Waals surface area (Å²) in [5, 5.41) is 2.94. The van der Waals surface area contributed by atoms with E-state index in [0.717, 1.165) is 25.0 Å². The molecule has 1 atom stereocenters. The van der Waals surface area contributed by atoms with Gasteiger partial charge in [0.1, 0.15) is 0 Å². The molecule has 3 fully saturated rings. The second-order valence-corrected chi connectivity index (χ2v) is 7.04. The third-order valence-electron chi connectivity index (χ3n) is 5.91. The lowest BCUT2D eigenvalue weighted by molar-refractivity contribution is -0.00348. The van der Waals surface area contributed by atoms with Crippen molar-refractivity contribution in [3.8, 4) is 0 Å². The number of hydrogen-bond donors (Lipinski definition) is 0. The zero-order chi connectivity index (χ0) is 13.8. The lowest BCUT2D eigenvalue weighted by Gasteiger charge is -2.50. The molecule has 2 bridgehead atoms. The summed E-state index contributed by atoms with van der Waals surface area (Å²) in [7, 11) is 0. The van der Waals surface area contributed by atoms with Crippen LogP contribution in [-0.4, -0.2) is 35.5 Å². The molecule has 0 spiro atoms. The lowest BCUT2D eigenvalue weighted by atomic mass is 9.82. The molecule has 0 amide bonds. The van der Waals surface area contributed by atoms with E-state index in [1.165, 1.54) is 54.4 Å². The Morgan fingerprint density at radius 3 is 2.10 bits per heavy atom. The fourth-order valence-corrected chi connectivity index (χ4v) is 4.84. The number of piperidine rings is 3. The molecule has 2 heteroatoms. The Bertz CT molecular complexity index is 644. The van der Waals surface area contributed by atoms with E-state index in [2.05, 4.69) is 46.2 Å². The minimum Gasteiger partial charge on any atom is -0.302 e. The van der Waals surface area contributed by atoms with Gasteiger partial charge >= 0.3 is 0 Å². The number of nitrogens with zero attached hydrogens (tertiary/aromatic N) is 2. The van der Waals surface area contributed by atoms with Crippen LogP contribution in [0.5, 0.6) is 0 Å². The highest BCUT2D eigenvalue weighted by Gasteiger charge is 2.38. The third kappa shape index (κ3) is 1.86. The fourth-order valence-electron chi connectivity index (χ4n) is 4.84. The highest BCUT2D eigenvalue weighted by molar-refractivity contribution is 5.89. The Labute approximate surface area is 126 Å². The average Bonchev–Trinajstić information content (AvgIpc) is 2.56. The molecule has 4 heterocycles. The van der Waals surface area contributed by atoms with E-state index in [1.807, 2.05) is 0 Å². The Balaban J connectivity index is 1.53. The summed E-state index contributed by atoms with van der Waals surface area (Å²) in [6.45, 7) is 6.25. The van der Waals surface area contributed by atoms with Crippen molar-refractivity contribution in [1.82, 2.24) is 9.80 Å². The first-order valence-electron chi connectivity index (χ1n) is 8.34. The van der Waals surface area contributed by atoms with E-state index in [9.17, 15) is 0 Å². The van der Waals surface area contributed by atoms with Crippen LogP contribution in [0.3, 0.4) is 0 Å². The van der Waals surface area contributed by atoms with Gasteiger partial charge in [-0.15, -0.1) is 0 Å². The molecule has 0 saturated carbocycles. The first kappa shape index (κ1) is 12.2. The maximum absolute atomic E-state index is 2.76. The van der Waals surface area contributed by atoms with Gasteiger partial charge < -0.3 is 4.90 Å². The zero-order valence-corrected chi connectivity index (χ0v) is 12.5. The van der Waals surface area contributed by atoms with E-state index < -0.39 is 0 Å². The molecular formula is C19H22N2. The summed E-state index contributed by atoms with van der Waals surface area (Å²) >= 11 is 0. The van der Waals surface area contributed by atoms with Gasteiger partial charge in [0, 0.05) is 25.7 Å². The van der Waals surface area contributed by atoms with E-state index in [1.54, 1.807) is 0 Å². The Morgan fingerprint density at radius 1 is 0.857 bits per heavy atom. The Hall–Kier alpha value is -1.38. The molecule has 4 aliphatic rings. The summed E-state index contributed by atoms with van der Waals surface area (Å²) in [5.74, 6) is 0.930. The van der Waals surface area contributed by atoms with Gasteiger partial charge in [-0.25, -0.2) is 0 Å². The van der Waals surface area contributed by atoms with Crippen LogP contribution in [0.1, 0.15) is 24.0 Å². The monoisotopic (exact) mass is 278 g/mol. The number of benzene rings is 2. The van der Waals surface area contributed by atoms with Crippen LogP contribution < -0.4 is 0 Å². The summed E-state index contributed by atoms with van der Waals surface area (Å²) in [6, 6.07) is 14.4. The van der Waals surface area contributed by atoms with Gasteiger partial charge in [0.2, 0.25) is 0 Å². The van der Waals surface area contributed by atoms with Crippen LogP contribution in [0.15, 0.2) is 36.4 Å². The van der Waals surface area contributed by atoms with E-state index in [4.69, 9.17) is 0 Å². The lowest BCUT2D eigenvalue weighted by Crippen LogP contribution is -2.57. The standard InChI is InChI=1S/C19H22N2/c1-3-15-4-2-6-17-12-21(11-16(5-1)19(15)17)18-13-20-9-7-14(18)8-10-20/h1-6,14,18H,7-13H2/t18-/m1/s1. The predicted molar refractivity (Wildman–Crippen MR) is 86.1 cm³/mol. The number of rotatable bonds is 1. The number of fused-ring (bicyclic) bond motifs is 3. The average molecular weight is 278 g/mol. The summed E-state index contributed by atoms with van der Waals surface area (Å²) in [6.07, 6.45) is 2.82. The molecule has 0 radical (unpaired) electrons. The normalized spacial score (nSPS) is 31.7. The fraction of sp³-hybridized carbons (Fsp3) is 0.474. The molecule has 0 unspecified atom stereocenters. The zero-order valence-electron chi connectivity index (χ0n) is 12.5. The molecule has 108 valence electrons. The van der Waals surface area contributed by atoms with E-state index >= 15 is 0 Å². The quantitative estimate of drug-likeness (QED) is 0.790. The highest BCUT2D eigenvalue weighted by atomic mass is 15.3.